The molecule has 0 aromatic carbocycles. The van der Waals surface area contributed by atoms with Crippen LogP contribution in [0.25, 0.3) is 5.52 Å². The molecule has 0 saturated heterocycles. The van der Waals surface area contributed by atoms with E-state index in [9.17, 15) is 18.1 Å². The van der Waals surface area contributed by atoms with Gasteiger partial charge in [-0.2, -0.15) is 18.3 Å². The monoisotopic (exact) mass is 634 g/mol. The van der Waals surface area contributed by atoms with E-state index in [0.717, 1.165) is 49.7 Å². The Hall–Kier alpha value is -1.52. The van der Waals surface area contributed by atoms with Gasteiger partial charge in [-0.1, -0.05) is 96.3 Å². The lowest BCUT2D eigenvalue weighted by Gasteiger charge is -2.17. The van der Waals surface area contributed by atoms with Crippen LogP contribution in [0.2, 0.25) is 0 Å². The normalized spacial score (nSPS) is 13.6. The average Bonchev–Trinajstić information content (AvgIpc) is 3.40. The number of hydrogen-bond acceptors (Lipinski definition) is 7. The molecule has 0 amide bonds. The van der Waals surface area contributed by atoms with E-state index in [1.54, 1.807) is 11.6 Å². The van der Waals surface area contributed by atoms with E-state index in [4.69, 9.17) is 19.5 Å². The van der Waals surface area contributed by atoms with Gasteiger partial charge in [-0.05, 0) is 37.8 Å². The highest BCUT2D eigenvalue weighted by atomic mass is 31.2. The number of ether oxygens (including phenoxy) is 1. The summed E-state index contributed by atoms with van der Waals surface area (Å²) >= 11 is 0. The zero-order valence-corrected chi connectivity index (χ0v) is 26.9. The van der Waals surface area contributed by atoms with Crippen molar-refractivity contribution in [1.82, 2.24) is 14.6 Å². The Labute approximate surface area is 257 Å². The van der Waals surface area contributed by atoms with Gasteiger partial charge in [-0.15, -0.1) is 0 Å². The van der Waals surface area contributed by atoms with Gasteiger partial charge in [0.05, 0.1) is 19.3 Å². The highest BCUT2D eigenvalue weighted by Gasteiger charge is 2.25. The Morgan fingerprint density at radius 3 is 1.91 bits per heavy atom. The topological polar surface area (TPSA) is 104 Å². The molecule has 2 heterocycles. The number of unbranched alkanes of at least 4 members (excludes halogenated alkanes) is 16. The second-order valence-electron chi connectivity index (χ2n) is 11.4. The first-order chi connectivity index (χ1) is 20.8. The minimum atomic E-state index is -4.00. The van der Waals surface area contributed by atoms with Crippen molar-refractivity contribution in [1.29, 1.82) is 0 Å². The van der Waals surface area contributed by atoms with Crippen LogP contribution < -0.4 is 5.73 Å². The minimum absolute atomic E-state index is 0.171. The molecule has 0 aliphatic carbocycles. The zero-order chi connectivity index (χ0) is 31.2. The largest absolute Gasteiger partial charge is 0.389 e. The summed E-state index contributed by atoms with van der Waals surface area (Å²) in [6.07, 6.45) is 16.8. The standard InChI is InChI=1S/C31H54F3N4O4P/c1-40-28(21-19-27-20-22-29-30(35)36-26-37-38(27)29)25-42-43(39)41-24-18-16-14-12-10-8-6-4-2-3-5-7-9-11-13-15-17-23-31(32,33)34/h20,22,26,28,39H,2-19,21,23-25H2,1H3,(H2,35,36,37). The molecule has 0 aliphatic heterocycles. The fourth-order valence-electron chi connectivity index (χ4n) is 5.18. The van der Waals surface area contributed by atoms with Crippen molar-refractivity contribution in [3.05, 3.63) is 24.2 Å². The second-order valence-corrected chi connectivity index (χ2v) is 12.4. The predicted octanol–water partition coefficient (Wildman–Crippen LogP) is 9.10. The van der Waals surface area contributed by atoms with Crippen LogP contribution in [-0.4, -0.2) is 52.1 Å². The van der Waals surface area contributed by atoms with E-state index in [1.807, 2.05) is 12.1 Å². The average molecular weight is 635 g/mol. The number of nitrogens with zero attached hydrogens (tertiary/aromatic N) is 3. The third-order valence-corrected chi connectivity index (χ3v) is 8.57. The number of rotatable bonds is 27. The molecule has 2 atom stereocenters. The van der Waals surface area contributed by atoms with Crippen molar-refractivity contribution in [3.63, 3.8) is 0 Å². The predicted molar refractivity (Wildman–Crippen MR) is 167 cm³/mol. The lowest BCUT2D eigenvalue weighted by Crippen LogP contribution is -2.18. The summed E-state index contributed by atoms with van der Waals surface area (Å²) in [5.74, 6) is 0.446. The molecule has 2 unspecified atom stereocenters. The lowest BCUT2D eigenvalue weighted by molar-refractivity contribution is -0.135. The van der Waals surface area contributed by atoms with Crippen molar-refractivity contribution < 1.29 is 31.8 Å². The molecular weight excluding hydrogens is 580 g/mol. The molecule has 2 aromatic heterocycles. The van der Waals surface area contributed by atoms with Gasteiger partial charge in [-0.3, -0.25) is 0 Å². The molecular formula is C31H54F3N4O4P. The van der Waals surface area contributed by atoms with Gasteiger partial charge in [0.25, 0.3) is 0 Å². The van der Waals surface area contributed by atoms with Crippen molar-refractivity contribution >= 4 is 19.9 Å². The molecule has 2 rings (SSSR count). The summed E-state index contributed by atoms with van der Waals surface area (Å²) in [6, 6.07) is 3.88. The van der Waals surface area contributed by atoms with Crippen molar-refractivity contribution in [3.8, 4) is 0 Å². The van der Waals surface area contributed by atoms with Crippen molar-refractivity contribution in [2.75, 3.05) is 26.1 Å². The van der Waals surface area contributed by atoms with E-state index in [2.05, 4.69) is 10.1 Å². The van der Waals surface area contributed by atoms with E-state index in [-0.39, 0.29) is 19.1 Å². The van der Waals surface area contributed by atoms with Crippen LogP contribution in [0.5, 0.6) is 0 Å². The summed E-state index contributed by atoms with van der Waals surface area (Å²) in [7, 11) is -0.279. The summed E-state index contributed by atoms with van der Waals surface area (Å²) in [6.45, 7) is 0.755. The fourth-order valence-corrected chi connectivity index (χ4v) is 5.83. The highest BCUT2D eigenvalue weighted by molar-refractivity contribution is 7.40. The van der Waals surface area contributed by atoms with E-state index >= 15 is 0 Å². The third-order valence-electron chi connectivity index (χ3n) is 7.79. The van der Waals surface area contributed by atoms with E-state index in [1.165, 1.54) is 70.5 Å². The fraction of sp³-hybridized carbons (Fsp3) is 0.806. The molecule has 0 radical (unpaired) electrons. The summed E-state index contributed by atoms with van der Waals surface area (Å²) in [4.78, 5) is 14.1. The summed E-state index contributed by atoms with van der Waals surface area (Å²) in [5, 5.41) is 4.26. The molecule has 0 spiro atoms. The third kappa shape index (κ3) is 18.1. The number of nitrogens with two attached hydrogens (primary N) is 1. The number of halogens is 3. The van der Waals surface area contributed by atoms with Gasteiger partial charge >= 0.3 is 14.8 Å². The minimum Gasteiger partial charge on any atom is -0.382 e. The Kier molecular flexibility index (Phi) is 20.1. The van der Waals surface area contributed by atoms with Gasteiger partial charge in [-0.25, -0.2) is 9.50 Å². The maximum Gasteiger partial charge on any atom is 0.389 e. The summed E-state index contributed by atoms with van der Waals surface area (Å²) < 4.78 is 54.6. The lowest BCUT2D eigenvalue weighted by atomic mass is 10.0. The van der Waals surface area contributed by atoms with Gasteiger partial charge in [0, 0.05) is 19.2 Å². The van der Waals surface area contributed by atoms with Gasteiger partial charge in [0.15, 0.2) is 5.82 Å². The van der Waals surface area contributed by atoms with Crippen LogP contribution >= 0.6 is 8.60 Å². The molecule has 248 valence electrons. The van der Waals surface area contributed by atoms with Crippen LogP contribution in [0, 0.1) is 0 Å². The maximum absolute atomic E-state index is 12.1. The quantitative estimate of drug-likeness (QED) is 0.0746. The number of alkyl halides is 3. The van der Waals surface area contributed by atoms with Gasteiger partial charge in [0.2, 0.25) is 0 Å². The first-order valence-corrected chi connectivity index (χ1v) is 17.3. The first-order valence-electron chi connectivity index (χ1n) is 16.2. The second kappa shape index (κ2) is 22.9. The Morgan fingerprint density at radius 1 is 0.837 bits per heavy atom. The van der Waals surface area contributed by atoms with Crippen LogP contribution in [0.1, 0.15) is 128 Å². The smallest absolute Gasteiger partial charge is 0.382 e. The number of anilines is 1. The number of aryl methyl sites for hydroxylation is 1. The van der Waals surface area contributed by atoms with Crippen LogP contribution in [0.3, 0.4) is 0 Å². The number of fused-ring (bicyclic) bond motifs is 1. The van der Waals surface area contributed by atoms with Crippen LogP contribution in [-0.2, 0) is 20.2 Å². The first kappa shape index (κ1) is 37.7. The maximum atomic E-state index is 12.1. The highest BCUT2D eigenvalue weighted by Crippen LogP contribution is 2.33. The Bertz CT molecular complexity index is 967. The molecule has 0 aliphatic rings. The van der Waals surface area contributed by atoms with Crippen molar-refractivity contribution in [2.45, 2.75) is 141 Å². The number of methoxy groups -OCH3 is 1. The zero-order valence-electron chi connectivity index (χ0n) is 26.0. The molecule has 12 heteroatoms. The molecule has 0 fully saturated rings. The molecule has 0 saturated carbocycles. The molecule has 0 bridgehead atoms. The summed E-state index contributed by atoms with van der Waals surface area (Å²) in [5.41, 5.74) is 7.68. The van der Waals surface area contributed by atoms with Crippen molar-refractivity contribution in [2.24, 2.45) is 0 Å². The van der Waals surface area contributed by atoms with Gasteiger partial charge < -0.3 is 24.4 Å². The SMILES string of the molecule is COC(CCc1ccc2c(N)ncnn12)COP(O)OCCCCCCCCCCCCCCCCCCCC(F)(F)F. The van der Waals surface area contributed by atoms with E-state index in [0.29, 0.717) is 25.3 Å². The van der Waals surface area contributed by atoms with Crippen LogP contribution in [0.4, 0.5) is 19.0 Å². The molecule has 3 N–H and O–H groups in total. The van der Waals surface area contributed by atoms with Gasteiger partial charge in [0.1, 0.15) is 11.8 Å². The molecule has 2 aromatic rings. The number of aromatic nitrogens is 3. The molecule has 8 nitrogen and oxygen atoms in total. The van der Waals surface area contributed by atoms with Crippen LogP contribution in [0.15, 0.2) is 18.5 Å². The molecule has 43 heavy (non-hydrogen) atoms. The number of nitrogen functional groups attached to an aromatic ring is 1. The Morgan fingerprint density at radius 2 is 1.37 bits per heavy atom. The van der Waals surface area contributed by atoms with E-state index < -0.39 is 21.2 Å². The number of hydrogen-bond donors (Lipinski definition) is 2. The Balaban J connectivity index is 1.32.